The first-order chi connectivity index (χ1) is 13.8. The Morgan fingerprint density at radius 3 is 2.72 bits per heavy atom. The molecule has 0 amide bonds. The van der Waals surface area contributed by atoms with E-state index in [0.717, 1.165) is 11.4 Å². The first kappa shape index (κ1) is 19.8. The molecular formula is C21H20ClF3N2O2. The van der Waals surface area contributed by atoms with Crippen LogP contribution in [-0.2, 0) is 4.74 Å². The number of nitrogens with one attached hydrogen (secondary N) is 2. The molecule has 0 saturated heterocycles. The van der Waals surface area contributed by atoms with Gasteiger partial charge in [0.2, 0.25) is 0 Å². The molecule has 3 atom stereocenters. The summed E-state index contributed by atoms with van der Waals surface area (Å²) in [5.41, 5.74) is 2.32. The van der Waals surface area contributed by atoms with E-state index in [-0.39, 0.29) is 23.2 Å². The summed E-state index contributed by atoms with van der Waals surface area (Å²) in [5, 5.41) is 6.55. The zero-order valence-electron chi connectivity index (χ0n) is 15.6. The minimum atomic E-state index is -4.75. The van der Waals surface area contributed by atoms with Crippen molar-refractivity contribution >= 4 is 17.2 Å². The third-order valence-electron chi connectivity index (χ3n) is 5.03. The molecule has 154 valence electrons. The van der Waals surface area contributed by atoms with Gasteiger partial charge in [0.05, 0.1) is 5.38 Å². The van der Waals surface area contributed by atoms with E-state index in [0.29, 0.717) is 29.9 Å². The van der Waals surface area contributed by atoms with Crippen molar-refractivity contribution in [1.82, 2.24) is 10.6 Å². The summed E-state index contributed by atoms with van der Waals surface area (Å²) in [4.78, 5) is 0. The molecular weight excluding hydrogens is 405 g/mol. The quantitative estimate of drug-likeness (QED) is 0.613. The van der Waals surface area contributed by atoms with Crippen molar-refractivity contribution in [2.75, 3.05) is 0 Å². The van der Waals surface area contributed by atoms with E-state index in [4.69, 9.17) is 16.0 Å². The van der Waals surface area contributed by atoms with Gasteiger partial charge >= 0.3 is 6.36 Å². The van der Waals surface area contributed by atoms with Gasteiger partial charge in [-0.15, -0.1) is 24.8 Å². The van der Waals surface area contributed by atoms with E-state index in [2.05, 4.69) is 15.4 Å². The zero-order valence-corrected chi connectivity index (χ0v) is 16.3. The maximum atomic E-state index is 12.7. The lowest BCUT2D eigenvalue weighted by Gasteiger charge is -2.21. The molecule has 2 N–H and O–H groups in total. The smallest absolute Gasteiger partial charge is 0.457 e. The molecule has 4 nitrogen and oxygen atoms in total. The van der Waals surface area contributed by atoms with Gasteiger partial charge in [-0.05, 0) is 38.0 Å². The fraction of sp³-hybridized carbons (Fsp3) is 0.333. The highest BCUT2D eigenvalue weighted by Crippen LogP contribution is 2.36. The van der Waals surface area contributed by atoms with Crippen LogP contribution in [-0.4, -0.2) is 11.7 Å². The van der Waals surface area contributed by atoms with Gasteiger partial charge in [0.15, 0.2) is 6.17 Å². The van der Waals surface area contributed by atoms with Gasteiger partial charge < -0.3 is 19.8 Å². The Kier molecular flexibility index (Phi) is 5.25. The topological polar surface area (TPSA) is 46.4 Å². The van der Waals surface area contributed by atoms with Crippen LogP contribution in [0, 0.1) is 5.92 Å². The fourth-order valence-corrected chi connectivity index (χ4v) is 3.99. The molecule has 3 aliphatic rings. The van der Waals surface area contributed by atoms with Crippen molar-refractivity contribution in [3.8, 4) is 0 Å². The lowest BCUT2D eigenvalue weighted by molar-refractivity contribution is -0.303. The minimum absolute atomic E-state index is 0.00609. The summed E-state index contributed by atoms with van der Waals surface area (Å²) in [6, 6.07) is 3.43. The summed E-state index contributed by atoms with van der Waals surface area (Å²) in [7, 11) is 0. The standard InChI is InChI=1S/C21H20ClF3N2O2/c1-12-19(13-6-2-4-8-15(13)22)27-20(26-12)18-11-10-16(28-18)14-7-3-5-9-17(14)29-21(23,24)25/h2,4-6,8-11,13,15,20,26-27H,3,7H2,1H3. The molecule has 0 saturated carbocycles. The second-order valence-corrected chi connectivity index (χ2v) is 7.54. The number of hydrogen-bond donors (Lipinski definition) is 2. The summed E-state index contributed by atoms with van der Waals surface area (Å²) in [5.74, 6) is 0.723. The number of halogens is 4. The van der Waals surface area contributed by atoms with Crippen molar-refractivity contribution < 1.29 is 22.3 Å². The largest absolute Gasteiger partial charge is 0.573 e. The molecule has 8 heteroatoms. The highest BCUT2D eigenvalue weighted by molar-refractivity contribution is 6.22. The first-order valence-electron chi connectivity index (χ1n) is 9.30. The van der Waals surface area contributed by atoms with Crippen LogP contribution in [0.15, 0.2) is 70.2 Å². The highest BCUT2D eigenvalue weighted by Gasteiger charge is 2.34. The predicted octanol–water partition coefficient (Wildman–Crippen LogP) is 5.65. The van der Waals surface area contributed by atoms with Gasteiger partial charge in [-0.1, -0.05) is 30.4 Å². The average Bonchev–Trinajstić information content (AvgIpc) is 3.28. The van der Waals surface area contributed by atoms with Crippen LogP contribution >= 0.6 is 11.6 Å². The lowest BCUT2D eigenvalue weighted by atomic mass is 9.96. The lowest BCUT2D eigenvalue weighted by Crippen LogP contribution is -2.27. The second kappa shape index (κ2) is 7.71. The number of allylic oxidation sites excluding steroid dienone is 8. The van der Waals surface area contributed by atoms with Crippen LogP contribution in [0.3, 0.4) is 0 Å². The Labute approximate surface area is 171 Å². The molecule has 0 fully saturated rings. The molecule has 0 spiro atoms. The van der Waals surface area contributed by atoms with Gasteiger partial charge in [0, 0.05) is 22.9 Å². The molecule has 1 aromatic heterocycles. The van der Waals surface area contributed by atoms with E-state index >= 15 is 0 Å². The molecule has 0 aromatic carbocycles. The van der Waals surface area contributed by atoms with Crippen molar-refractivity contribution in [2.45, 2.75) is 37.7 Å². The van der Waals surface area contributed by atoms with E-state index in [1.54, 1.807) is 18.2 Å². The molecule has 0 radical (unpaired) electrons. The van der Waals surface area contributed by atoms with Crippen molar-refractivity contribution in [3.05, 3.63) is 77.3 Å². The van der Waals surface area contributed by atoms with Crippen molar-refractivity contribution in [1.29, 1.82) is 0 Å². The summed E-state index contributed by atoms with van der Waals surface area (Å²) >= 11 is 6.41. The van der Waals surface area contributed by atoms with Crippen LogP contribution in [0.2, 0.25) is 0 Å². The molecule has 2 heterocycles. The van der Waals surface area contributed by atoms with E-state index in [1.807, 2.05) is 31.2 Å². The van der Waals surface area contributed by atoms with Gasteiger partial charge in [-0.25, -0.2) is 0 Å². The molecule has 3 unspecified atom stereocenters. The molecule has 1 aliphatic heterocycles. The maximum Gasteiger partial charge on any atom is 0.573 e. The predicted molar refractivity (Wildman–Crippen MR) is 104 cm³/mol. The number of ether oxygens (including phenoxy) is 1. The van der Waals surface area contributed by atoms with Crippen LogP contribution < -0.4 is 10.6 Å². The third kappa shape index (κ3) is 4.24. The Bertz CT molecular complexity index is 940. The van der Waals surface area contributed by atoms with E-state index < -0.39 is 6.36 Å². The Morgan fingerprint density at radius 2 is 1.97 bits per heavy atom. The summed E-state index contributed by atoms with van der Waals surface area (Å²) in [6.45, 7) is 1.95. The van der Waals surface area contributed by atoms with Gasteiger partial charge in [-0.3, -0.25) is 0 Å². The molecule has 29 heavy (non-hydrogen) atoms. The maximum absolute atomic E-state index is 12.7. The number of alkyl halides is 4. The van der Waals surface area contributed by atoms with Crippen molar-refractivity contribution in [2.24, 2.45) is 5.92 Å². The van der Waals surface area contributed by atoms with Crippen LogP contribution in [0.4, 0.5) is 13.2 Å². The van der Waals surface area contributed by atoms with Crippen molar-refractivity contribution in [3.63, 3.8) is 0 Å². The number of hydrogen-bond acceptors (Lipinski definition) is 4. The van der Waals surface area contributed by atoms with Crippen LogP contribution in [0.25, 0.3) is 5.57 Å². The van der Waals surface area contributed by atoms with Gasteiger partial charge in [0.25, 0.3) is 0 Å². The molecule has 0 bridgehead atoms. The van der Waals surface area contributed by atoms with Crippen LogP contribution in [0.5, 0.6) is 0 Å². The minimum Gasteiger partial charge on any atom is -0.457 e. The first-order valence-corrected chi connectivity index (χ1v) is 9.74. The molecule has 1 aromatic rings. The van der Waals surface area contributed by atoms with Gasteiger partial charge in [-0.2, -0.15) is 0 Å². The van der Waals surface area contributed by atoms with Gasteiger partial charge in [0.1, 0.15) is 17.3 Å². The number of furan rings is 1. The fourth-order valence-electron chi connectivity index (χ4n) is 3.69. The second-order valence-electron chi connectivity index (χ2n) is 7.03. The normalized spacial score (nSPS) is 26.7. The highest BCUT2D eigenvalue weighted by atomic mass is 35.5. The van der Waals surface area contributed by atoms with Crippen LogP contribution in [0.1, 0.15) is 37.5 Å². The third-order valence-corrected chi connectivity index (χ3v) is 5.44. The SMILES string of the molecule is CC1=C(C2C=CC=CC2Cl)NC(c2ccc(C3=C(OC(F)(F)F)C=CCC3)o2)N1. The summed E-state index contributed by atoms with van der Waals surface area (Å²) in [6.07, 6.45) is 6.78. The molecule has 2 aliphatic carbocycles. The van der Waals surface area contributed by atoms with E-state index in [9.17, 15) is 13.2 Å². The zero-order chi connectivity index (χ0) is 20.6. The Hall–Kier alpha value is -2.54. The average molecular weight is 425 g/mol. The number of rotatable bonds is 4. The monoisotopic (exact) mass is 424 g/mol. The Balaban J connectivity index is 1.54. The van der Waals surface area contributed by atoms with E-state index in [1.165, 1.54) is 6.08 Å². The molecule has 4 rings (SSSR count). The summed E-state index contributed by atoms with van der Waals surface area (Å²) < 4.78 is 48.2. The Morgan fingerprint density at radius 1 is 1.17 bits per heavy atom.